The molecular weight excluding hydrogens is 240 g/mol. The second-order valence-electron chi connectivity index (χ2n) is 5.52. The quantitative estimate of drug-likeness (QED) is 0.905. The Balaban J connectivity index is 2.10. The van der Waals surface area contributed by atoms with Crippen molar-refractivity contribution in [2.75, 3.05) is 13.1 Å². The van der Waals surface area contributed by atoms with Gasteiger partial charge >= 0.3 is 5.97 Å². The van der Waals surface area contributed by atoms with Gasteiger partial charge < -0.3 is 5.11 Å². The molecule has 1 unspecified atom stereocenters. The lowest BCUT2D eigenvalue weighted by atomic mass is 9.77. The predicted molar refractivity (Wildman–Crippen MR) is 73.8 cm³/mol. The Morgan fingerprint density at radius 2 is 2.37 bits per heavy atom. The summed E-state index contributed by atoms with van der Waals surface area (Å²) in [6.07, 6.45) is 4.24. The molecule has 4 heteroatoms. The van der Waals surface area contributed by atoms with E-state index in [0.717, 1.165) is 31.6 Å². The number of carbonyl (C=O) groups is 1. The van der Waals surface area contributed by atoms with Gasteiger partial charge in [0.25, 0.3) is 0 Å². The second kappa shape index (κ2) is 5.70. The standard InChI is InChI=1S/C15H22N2O2/c1-3-15(14(18)19)7-5-9-17(11-15)10-13-12(2)6-4-8-16-13/h4,6,8H,3,5,7,9-11H2,1-2H3,(H,18,19). The zero-order valence-electron chi connectivity index (χ0n) is 11.7. The molecule has 1 atom stereocenters. The largest absolute Gasteiger partial charge is 0.481 e. The molecule has 0 amide bonds. The van der Waals surface area contributed by atoms with Crippen molar-refractivity contribution >= 4 is 5.97 Å². The molecule has 1 aromatic heterocycles. The first kappa shape index (κ1) is 14.0. The minimum atomic E-state index is -0.655. The van der Waals surface area contributed by atoms with Crippen LogP contribution in [0, 0.1) is 12.3 Å². The van der Waals surface area contributed by atoms with Gasteiger partial charge in [-0.15, -0.1) is 0 Å². The zero-order valence-corrected chi connectivity index (χ0v) is 11.7. The monoisotopic (exact) mass is 262 g/mol. The van der Waals surface area contributed by atoms with E-state index in [-0.39, 0.29) is 0 Å². The second-order valence-corrected chi connectivity index (χ2v) is 5.52. The lowest BCUT2D eigenvalue weighted by Crippen LogP contribution is -2.47. The molecule has 0 bridgehead atoms. The number of carboxylic acids is 1. The van der Waals surface area contributed by atoms with E-state index in [9.17, 15) is 9.90 Å². The van der Waals surface area contributed by atoms with Crippen LogP contribution in [0.15, 0.2) is 18.3 Å². The van der Waals surface area contributed by atoms with Crippen molar-refractivity contribution in [1.29, 1.82) is 0 Å². The number of carboxylic acid groups (broad SMARTS) is 1. The summed E-state index contributed by atoms with van der Waals surface area (Å²) in [5.41, 5.74) is 1.66. The zero-order chi connectivity index (χ0) is 13.9. The fraction of sp³-hybridized carbons (Fsp3) is 0.600. The van der Waals surface area contributed by atoms with E-state index in [1.165, 1.54) is 5.56 Å². The number of piperidine rings is 1. The van der Waals surface area contributed by atoms with E-state index in [2.05, 4.69) is 22.9 Å². The highest BCUT2D eigenvalue weighted by molar-refractivity contribution is 5.75. The van der Waals surface area contributed by atoms with Crippen LogP contribution in [0.25, 0.3) is 0 Å². The molecule has 2 heterocycles. The Labute approximate surface area is 114 Å². The molecule has 1 aliphatic heterocycles. The van der Waals surface area contributed by atoms with Gasteiger partial charge in [0.2, 0.25) is 0 Å². The molecule has 2 rings (SSSR count). The topological polar surface area (TPSA) is 53.4 Å². The summed E-state index contributed by atoms with van der Waals surface area (Å²) in [5, 5.41) is 9.48. The summed E-state index contributed by atoms with van der Waals surface area (Å²) in [5.74, 6) is -0.655. The molecule has 1 aromatic rings. The molecule has 1 saturated heterocycles. The van der Waals surface area contributed by atoms with Gasteiger partial charge in [-0.2, -0.15) is 0 Å². The van der Waals surface area contributed by atoms with Crippen LogP contribution in [0.5, 0.6) is 0 Å². The van der Waals surface area contributed by atoms with Gasteiger partial charge in [0.1, 0.15) is 0 Å². The lowest BCUT2D eigenvalue weighted by Gasteiger charge is -2.39. The van der Waals surface area contributed by atoms with Crippen molar-refractivity contribution in [1.82, 2.24) is 9.88 Å². The van der Waals surface area contributed by atoms with Crippen molar-refractivity contribution in [3.8, 4) is 0 Å². The maximum Gasteiger partial charge on any atom is 0.310 e. The summed E-state index contributed by atoms with van der Waals surface area (Å²) < 4.78 is 0. The van der Waals surface area contributed by atoms with Gasteiger partial charge in [-0.3, -0.25) is 14.7 Å². The number of aromatic nitrogens is 1. The molecule has 0 aliphatic carbocycles. The molecule has 0 spiro atoms. The van der Waals surface area contributed by atoms with Gasteiger partial charge in [0, 0.05) is 19.3 Å². The fourth-order valence-corrected chi connectivity index (χ4v) is 2.87. The molecule has 1 fully saturated rings. The first-order valence-corrected chi connectivity index (χ1v) is 6.93. The summed E-state index contributed by atoms with van der Waals surface area (Å²) in [4.78, 5) is 18.2. The molecule has 19 heavy (non-hydrogen) atoms. The number of aliphatic carboxylic acids is 1. The molecule has 104 valence electrons. The van der Waals surface area contributed by atoms with Crippen molar-refractivity contribution in [2.24, 2.45) is 5.41 Å². The molecule has 0 saturated carbocycles. The van der Waals surface area contributed by atoms with E-state index in [1.807, 2.05) is 13.0 Å². The van der Waals surface area contributed by atoms with Crippen LogP contribution in [-0.4, -0.2) is 34.0 Å². The Kier molecular flexibility index (Phi) is 4.20. The maximum atomic E-state index is 11.5. The third-order valence-corrected chi connectivity index (χ3v) is 4.28. The van der Waals surface area contributed by atoms with Crippen molar-refractivity contribution in [3.05, 3.63) is 29.6 Å². The van der Waals surface area contributed by atoms with Gasteiger partial charge in [0.05, 0.1) is 11.1 Å². The minimum Gasteiger partial charge on any atom is -0.481 e. The van der Waals surface area contributed by atoms with E-state index < -0.39 is 11.4 Å². The van der Waals surface area contributed by atoms with Gasteiger partial charge in [-0.05, 0) is 44.4 Å². The van der Waals surface area contributed by atoms with Crippen LogP contribution in [0.2, 0.25) is 0 Å². The van der Waals surface area contributed by atoms with Crippen LogP contribution >= 0.6 is 0 Å². The van der Waals surface area contributed by atoms with E-state index in [4.69, 9.17) is 0 Å². The third-order valence-electron chi connectivity index (χ3n) is 4.28. The summed E-state index contributed by atoms with van der Waals surface area (Å²) >= 11 is 0. The van der Waals surface area contributed by atoms with Crippen LogP contribution < -0.4 is 0 Å². The van der Waals surface area contributed by atoms with Crippen LogP contribution in [0.1, 0.15) is 37.4 Å². The first-order valence-electron chi connectivity index (χ1n) is 6.93. The van der Waals surface area contributed by atoms with Gasteiger partial charge in [0.15, 0.2) is 0 Å². The highest BCUT2D eigenvalue weighted by Crippen LogP contribution is 2.34. The highest BCUT2D eigenvalue weighted by atomic mass is 16.4. The average Bonchev–Trinajstić information content (AvgIpc) is 2.41. The normalized spacial score (nSPS) is 24.3. The molecule has 1 N–H and O–H groups in total. The average molecular weight is 262 g/mol. The number of hydrogen-bond acceptors (Lipinski definition) is 3. The Morgan fingerprint density at radius 1 is 1.58 bits per heavy atom. The molecule has 4 nitrogen and oxygen atoms in total. The Morgan fingerprint density at radius 3 is 3.00 bits per heavy atom. The highest BCUT2D eigenvalue weighted by Gasteiger charge is 2.40. The van der Waals surface area contributed by atoms with Crippen molar-refractivity contribution in [2.45, 2.75) is 39.7 Å². The molecule has 0 radical (unpaired) electrons. The Bertz CT molecular complexity index is 461. The number of pyridine rings is 1. The smallest absolute Gasteiger partial charge is 0.310 e. The van der Waals surface area contributed by atoms with Crippen LogP contribution in [-0.2, 0) is 11.3 Å². The number of nitrogens with zero attached hydrogens (tertiary/aromatic N) is 2. The summed E-state index contributed by atoms with van der Waals surface area (Å²) in [6.45, 7) is 6.38. The molecular formula is C15H22N2O2. The van der Waals surface area contributed by atoms with E-state index >= 15 is 0 Å². The van der Waals surface area contributed by atoms with Crippen molar-refractivity contribution in [3.63, 3.8) is 0 Å². The SMILES string of the molecule is CCC1(C(=O)O)CCCN(Cc2ncccc2C)C1. The first-order chi connectivity index (χ1) is 9.07. The minimum absolute atomic E-state index is 0.569. The summed E-state index contributed by atoms with van der Waals surface area (Å²) in [7, 11) is 0. The van der Waals surface area contributed by atoms with Crippen LogP contribution in [0.3, 0.4) is 0 Å². The Hall–Kier alpha value is -1.42. The fourth-order valence-electron chi connectivity index (χ4n) is 2.87. The number of aryl methyl sites for hydroxylation is 1. The predicted octanol–water partition coefficient (Wildman–Crippen LogP) is 2.47. The van der Waals surface area contributed by atoms with Gasteiger partial charge in [-0.25, -0.2) is 0 Å². The number of likely N-dealkylation sites (tertiary alicyclic amines) is 1. The number of hydrogen-bond donors (Lipinski definition) is 1. The third kappa shape index (κ3) is 2.95. The van der Waals surface area contributed by atoms with Crippen LogP contribution in [0.4, 0.5) is 0 Å². The van der Waals surface area contributed by atoms with E-state index in [1.54, 1.807) is 6.20 Å². The lowest BCUT2D eigenvalue weighted by molar-refractivity contribution is -0.153. The maximum absolute atomic E-state index is 11.5. The summed E-state index contributed by atoms with van der Waals surface area (Å²) in [6, 6.07) is 3.99. The molecule has 0 aromatic carbocycles. The van der Waals surface area contributed by atoms with Crippen molar-refractivity contribution < 1.29 is 9.90 Å². The van der Waals surface area contributed by atoms with Gasteiger partial charge in [-0.1, -0.05) is 13.0 Å². The van der Waals surface area contributed by atoms with E-state index in [0.29, 0.717) is 13.0 Å². The molecule has 1 aliphatic rings. The number of rotatable bonds is 4.